The molecule has 0 saturated heterocycles. The molecule has 2 nitrogen and oxygen atoms in total. The van der Waals surface area contributed by atoms with Crippen molar-refractivity contribution in [1.82, 2.24) is 5.32 Å². The number of halogens is 4. The zero-order valence-corrected chi connectivity index (χ0v) is 8.14. The van der Waals surface area contributed by atoms with Crippen molar-refractivity contribution < 1.29 is 22.4 Å². The summed E-state index contributed by atoms with van der Waals surface area (Å²) in [5.41, 5.74) is -0.839. The number of benzene rings is 1. The fourth-order valence-electron chi connectivity index (χ4n) is 1.09. The highest BCUT2D eigenvalue weighted by atomic mass is 19.1. The van der Waals surface area contributed by atoms with Gasteiger partial charge in [-0.25, -0.2) is 17.6 Å². The summed E-state index contributed by atoms with van der Waals surface area (Å²) in [7, 11) is 0. The predicted molar refractivity (Wildman–Crippen MR) is 49.6 cm³/mol. The van der Waals surface area contributed by atoms with E-state index in [2.05, 4.69) is 0 Å². The van der Waals surface area contributed by atoms with Crippen LogP contribution in [0.15, 0.2) is 18.2 Å². The molecule has 1 amide bonds. The lowest BCUT2D eigenvalue weighted by atomic mass is 10.1. The number of hydrogen-bond donors (Lipinski definition) is 1. The van der Waals surface area contributed by atoms with Gasteiger partial charge in [0.15, 0.2) is 0 Å². The second-order valence-electron chi connectivity index (χ2n) is 3.08. The smallest absolute Gasteiger partial charge is 0.257 e. The first-order valence-electron chi connectivity index (χ1n) is 4.47. The first kappa shape index (κ1) is 12.5. The van der Waals surface area contributed by atoms with E-state index in [1.807, 2.05) is 5.32 Å². The summed E-state index contributed by atoms with van der Waals surface area (Å²) in [6, 6.07) is 1.48. The Morgan fingerprint density at radius 2 is 1.69 bits per heavy atom. The van der Waals surface area contributed by atoms with Gasteiger partial charge in [-0.2, -0.15) is 0 Å². The van der Waals surface area contributed by atoms with Crippen molar-refractivity contribution in [1.29, 1.82) is 0 Å². The molecular weight excluding hydrogens is 226 g/mol. The van der Waals surface area contributed by atoms with Crippen molar-refractivity contribution in [2.75, 3.05) is 13.3 Å². The number of carbonyl (C=O) groups excluding carboxylic acids is 1. The van der Waals surface area contributed by atoms with Crippen molar-refractivity contribution in [3.8, 4) is 0 Å². The normalized spacial score (nSPS) is 10.6. The van der Waals surface area contributed by atoms with Crippen LogP contribution in [0, 0.1) is 11.6 Å². The van der Waals surface area contributed by atoms with E-state index < -0.39 is 42.5 Å². The van der Waals surface area contributed by atoms with E-state index in [0.717, 1.165) is 18.2 Å². The van der Waals surface area contributed by atoms with E-state index in [0.29, 0.717) is 0 Å². The van der Waals surface area contributed by atoms with Crippen molar-refractivity contribution in [3.05, 3.63) is 35.4 Å². The Kier molecular flexibility index (Phi) is 4.28. The van der Waals surface area contributed by atoms with Crippen LogP contribution in [0.3, 0.4) is 0 Å². The number of amides is 1. The first-order valence-corrected chi connectivity index (χ1v) is 4.47. The van der Waals surface area contributed by atoms with Gasteiger partial charge < -0.3 is 5.32 Å². The Morgan fingerprint density at radius 3 is 2.12 bits per heavy atom. The molecule has 16 heavy (non-hydrogen) atoms. The summed E-state index contributed by atoms with van der Waals surface area (Å²) in [5, 5.41) is 1.85. The predicted octanol–water partition coefficient (Wildman–Crippen LogP) is 2.00. The number of carbonyl (C=O) groups is 1. The molecule has 0 aliphatic carbocycles. The van der Waals surface area contributed by atoms with Gasteiger partial charge in [0, 0.05) is 0 Å². The average molecular weight is 235 g/mol. The van der Waals surface area contributed by atoms with Gasteiger partial charge >= 0.3 is 0 Å². The zero-order chi connectivity index (χ0) is 12.1. The molecule has 1 aromatic carbocycles. The number of alkyl halides is 2. The number of hydrogen-bond acceptors (Lipinski definition) is 1. The van der Waals surface area contributed by atoms with Crippen LogP contribution < -0.4 is 5.32 Å². The average Bonchev–Trinajstić information content (AvgIpc) is 2.25. The highest BCUT2D eigenvalue weighted by molar-refractivity contribution is 5.94. The SMILES string of the molecule is O=C(NC(CF)CF)c1c(F)cccc1F. The molecule has 0 radical (unpaired) electrons. The number of rotatable bonds is 4. The van der Waals surface area contributed by atoms with Gasteiger partial charge in [0.25, 0.3) is 5.91 Å². The quantitative estimate of drug-likeness (QED) is 0.794. The highest BCUT2D eigenvalue weighted by Crippen LogP contribution is 2.11. The Labute approximate surface area is 89.3 Å². The summed E-state index contributed by atoms with van der Waals surface area (Å²) < 4.78 is 50.3. The molecule has 1 N–H and O–H groups in total. The lowest BCUT2D eigenvalue weighted by molar-refractivity contribution is 0.0913. The molecule has 1 rings (SSSR count). The minimum Gasteiger partial charge on any atom is -0.344 e. The molecule has 0 aromatic heterocycles. The third-order valence-corrected chi connectivity index (χ3v) is 1.90. The fraction of sp³-hybridized carbons (Fsp3) is 0.300. The largest absolute Gasteiger partial charge is 0.344 e. The molecule has 88 valence electrons. The molecule has 0 aliphatic heterocycles. The molecule has 0 aliphatic rings. The van der Waals surface area contributed by atoms with Gasteiger partial charge in [-0.1, -0.05) is 6.07 Å². The Bertz CT molecular complexity index is 359. The molecule has 0 saturated carbocycles. The third kappa shape index (κ3) is 2.71. The maximum absolute atomic E-state index is 13.1. The first-order chi connectivity index (χ1) is 7.60. The minimum absolute atomic E-state index is 0.839. The molecule has 6 heteroatoms. The second kappa shape index (κ2) is 5.48. The topological polar surface area (TPSA) is 29.1 Å². The van der Waals surface area contributed by atoms with Crippen LogP contribution >= 0.6 is 0 Å². The Balaban J connectivity index is 2.88. The second-order valence-corrected chi connectivity index (χ2v) is 3.08. The van der Waals surface area contributed by atoms with Gasteiger partial charge in [-0.15, -0.1) is 0 Å². The summed E-state index contributed by atoms with van der Waals surface area (Å²) in [5.74, 6) is -3.32. The standard InChI is InChI=1S/C10H9F4NO/c11-4-6(5-12)15-10(16)9-7(13)2-1-3-8(9)14/h1-3,6H,4-5H2,(H,15,16). The lowest BCUT2D eigenvalue weighted by Gasteiger charge is -2.12. The van der Waals surface area contributed by atoms with Crippen LogP contribution in [0.2, 0.25) is 0 Å². The maximum atomic E-state index is 13.1. The summed E-state index contributed by atoms with van der Waals surface area (Å²) in [4.78, 5) is 11.3. The molecule has 0 bridgehead atoms. The minimum atomic E-state index is -1.38. The van der Waals surface area contributed by atoms with Gasteiger partial charge in [-0.05, 0) is 12.1 Å². The van der Waals surface area contributed by atoms with E-state index in [9.17, 15) is 22.4 Å². The van der Waals surface area contributed by atoms with E-state index in [1.165, 1.54) is 0 Å². The van der Waals surface area contributed by atoms with Crippen LogP contribution in [0.1, 0.15) is 10.4 Å². The van der Waals surface area contributed by atoms with Crippen LogP contribution in [-0.4, -0.2) is 25.3 Å². The van der Waals surface area contributed by atoms with E-state index in [4.69, 9.17) is 0 Å². The lowest BCUT2D eigenvalue weighted by Crippen LogP contribution is -2.38. The van der Waals surface area contributed by atoms with Crippen molar-refractivity contribution >= 4 is 5.91 Å². The van der Waals surface area contributed by atoms with Crippen LogP contribution in [0.5, 0.6) is 0 Å². The fourth-order valence-corrected chi connectivity index (χ4v) is 1.09. The molecule has 0 fully saturated rings. The van der Waals surface area contributed by atoms with E-state index in [1.54, 1.807) is 0 Å². The van der Waals surface area contributed by atoms with Crippen LogP contribution in [0.25, 0.3) is 0 Å². The number of nitrogens with one attached hydrogen (secondary N) is 1. The summed E-state index contributed by atoms with van der Waals surface area (Å²) in [6.45, 7) is -2.28. The van der Waals surface area contributed by atoms with Gasteiger partial charge in [0.2, 0.25) is 0 Å². The monoisotopic (exact) mass is 235 g/mol. The summed E-state index contributed by atoms with van der Waals surface area (Å²) in [6.07, 6.45) is 0. The van der Waals surface area contributed by atoms with Crippen LogP contribution in [-0.2, 0) is 0 Å². The van der Waals surface area contributed by atoms with Crippen LogP contribution in [0.4, 0.5) is 17.6 Å². The van der Waals surface area contributed by atoms with E-state index in [-0.39, 0.29) is 0 Å². The Morgan fingerprint density at radius 1 is 1.19 bits per heavy atom. The van der Waals surface area contributed by atoms with Gasteiger partial charge in [-0.3, -0.25) is 4.79 Å². The van der Waals surface area contributed by atoms with Crippen molar-refractivity contribution in [2.45, 2.75) is 6.04 Å². The zero-order valence-electron chi connectivity index (χ0n) is 8.14. The van der Waals surface area contributed by atoms with E-state index >= 15 is 0 Å². The molecule has 1 aromatic rings. The molecule has 0 unspecified atom stereocenters. The third-order valence-electron chi connectivity index (χ3n) is 1.90. The van der Waals surface area contributed by atoms with Crippen molar-refractivity contribution in [2.24, 2.45) is 0 Å². The Hall–Kier alpha value is -1.59. The molecular formula is C10H9F4NO. The molecule has 0 atom stereocenters. The molecule has 0 spiro atoms. The molecule has 0 heterocycles. The maximum Gasteiger partial charge on any atom is 0.257 e. The summed E-state index contributed by atoms with van der Waals surface area (Å²) >= 11 is 0. The van der Waals surface area contributed by atoms with Gasteiger partial charge in [0.1, 0.15) is 30.5 Å². The van der Waals surface area contributed by atoms with Gasteiger partial charge in [0.05, 0.1) is 6.04 Å². The van der Waals surface area contributed by atoms with Crippen molar-refractivity contribution in [3.63, 3.8) is 0 Å². The highest BCUT2D eigenvalue weighted by Gasteiger charge is 2.20.